The Morgan fingerprint density at radius 2 is 1.79 bits per heavy atom. The predicted molar refractivity (Wildman–Crippen MR) is 110 cm³/mol. The van der Waals surface area contributed by atoms with Gasteiger partial charge in [0.1, 0.15) is 17.9 Å². The number of halogens is 1. The summed E-state index contributed by atoms with van der Waals surface area (Å²) in [6, 6.07) is 13.7. The highest BCUT2D eigenvalue weighted by molar-refractivity contribution is 5.97. The summed E-state index contributed by atoms with van der Waals surface area (Å²) in [6.45, 7) is 2.50. The van der Waals surface area contributed by atoms with Crippen LogP contribution in [0.1, 0.15) is 12.8 Å². The molecule has 0 spiro atoms. The van der Waals surface area contributed by atoms with Crippen LogP contribution in [-0.2, 0) is 0 Å². The number of nitrogens with zero attached hydrogens (tertiary/aromatic N) is 3. The average Bonchev–Trinajstić information content (AvgIpc) is 3.44. The van der Waals surface area contributed by atoms with Gasteiger partial charge in [-0.2, -0.15) is 5.10 Å². The van der Waals surface area contributed by atoms with Crippen LogP contribution in [0.5, 0.6) is 11.5 Å². The van der Waals surface area contributed by atoms with Gasteiger partial charge in [-0.25, -0.2) is 14.4 Å². The average molecular weight is 392 g/mol. The molecular weight excluding hydrogens is 371 g/mol. The van der Waals surface area contributed by atoms with Gasteiger partial charge in [0.2, 0.25) is 0 Å². The Morgan fingerprint density at radius 3 is 2.48 bits per heavy atom. The SMILES string of the molecule is C1CCNC1.Nc1ncnc2n[nH]c(-c3ccc(Oc4ccccc4)c(F)c3)c12. The van der Waals surface area contributed by atoms with E-state index < -0.39 is 5.82 Å². The van der Waals surface area contributed by atoms with Gasteiger partial charge in [0.25, 0.3) is 0 Å². The van der Waals surface area contributed by atoms with Crippen molar-refractivity contribution in [3.8, 4) is 22.8 Å². The van der Waals surface area contributed by atoms with Crippen LogP contribution in [0, 0.1) is 5.82 Å². The van der Waals surface area contributed by atoms with Gasteiger partial charge >= 0.3 is 0 Å². The third-order valence-electron chi connectivity index (χ3n) is 4.53. The molecule has 0 bridgehead atoms. The zero-order valence-electron chi connectivity index (χ0n) is 15.7. The quantitative estimate of drug-likeness (QED) is 0.489. The summed E-state index contributed by atoms with van der Waals surface area (Å²) in [5.41, 5.74) is 7.46. The second-order valence-corrected chi connectivity index (χ2v) is 6.57. The van der Waals surface area contributed by atoms with Crippen LogP contribution in [0.15, 0.2) is 54.9 Å². The van der Waals surface area contributed by atoms with Gasteiger partial charge < -0.3 is 15.8 Å². The molecule has 0 saturated carbocycles. The van der Waals surface area contributed by atoms with Gasteiger partial charge in [-0.3, -0.25) is 5.10 Å². The summed E-state index contributed by atoms with van der Waals surface area (Å²) in [7, 11) is 0. The van der Waals surface area contributed by atoms with Crippen molar-refractivity contribution in [3.63, 3.8) is 0 Å². The molecule has 4 aromatic rings. The van der Waals surface area contributed by atoms with E-state index in [0.29, 0.717) is 28.0 Å². The fourth-order valence-electron chi connectivity index (χ4n) is 3.07. The summed E-state index contributed by atoms with van der Waals surface area (Å²) in [5.74, 6) is 0.495. The van der Waals surface area contributed by atoms with E-state index in [-0.39, 0.29) is 11.6 Å². The molecule has 0 atom stereocenters. The molecule has 0 amide bonds. The van der Waals surface area contributed by atoms with E-state index in [9.17, 15) is 4.39 Å². The van der Waals surface area contributed by atoms with Crippen LogP contribution in [0.4, 0.5) is 10.2 Å². The predicted octanol–water partition coefficient (Wildman–Crippen LogP) is 3.90. The van der Waals surface area contributed by atoms with Gasteiger partial charge in [0, 0.05) is 5.56 Å². The standard InChI is InChI=1S/C17H12FN5O.C4H9N/c18-12-8-10(6-7-13(12)24-11-4-2-1-3-5-11)15-14-16(19)20-9-21-17(14)23-22-15;1-2-4-5-3-1/h1-9H,(H3,19,20,21,22,23);5H,1-4H2. The molecule has 7 nitrogen and oxygen atoms in total. The second kappa shape index (κ2) is 8.66. The van der Waals surface area contributed by atoms with E-state index in [4.69, 9.17) is 10.5 Å². The number of fused-ring (bicyclic) bond motifs is 1. The van der Waals surface area contributed by atoms with Gasteiger partial charge in [0.05, 0.1) is 11.1 Å². The van der Waals surface area contributed by atoms with Gasteiger partial charge in [0.15, 0.2) is 17.2 Å². The van der Waals surface area contributed by atoms with E-state index in [1.54, 1.807) is 24.3 Å². The number of anilines is 1. The number of nitrogens with one attached hydrogen (secondary N) is 2. The molecular formula is C21H21FN6O. The van der Waals surface area contributed by atoms with Crippen LogP contribution in [-0.4, -0.2) is 33.3 Å². The maximum atomic E-state index is 14.4. The lowest BCUT2D eigenvalue weighted by atomic mass is 10.1. The van der Waals surface area contributed by atoms with Crippen molar-refractivity contribution in [2.45, 2.75) is 12.8 Å². The fraction of sp³-hybridized carbons (Fsp3) is 0.190. The minimum atomic E-state index is -0.491. The van der Waals surface area contributed by atoms with Crippen molar-refractivity contribution in [2.75, 3.05) is 18.8 Å². The maximum Gasteiger partial charge on any atom is 0.186 e. The molecule has 1 aliphatic heterocycles. The van der Waals surface area contributed by atoms with Crippen LogP contribution in [0.3, 0.4) is 0 Å². The van der Waals surface area contributed by atoms with Gasteiger partial charge in [-0.05, 0) is 56.3 Å². The molecule has 0 aliphatic carbocycles. The van der Waals surface area contributed by atoms with E-state index in [2.05, 4.69) is 25.5 Å². The van der Waals surface area contributed by atoms with Crippen molar-refractivity contribution < 1.29 is 9.13 Å². The number of nitrogen functional groups attached to an aromatic ring is 1. The number of hydrogen-bond donors (Lipinski definition) is 3. The number of aromatic amines is 1. The molecule has 0 unspecified atom stereocenters. The lowest BCUT2D eigenvalue weighted by molar-refractivity contribution is 0.442. The summed E-state index contributed by atoms with van der Waals surface area (Å²) >= 11 is 0. The van der Waals surface area contributed by atoms with Crippen LogP contribution in [0.2, 0.25) is 0 Å². The smallest absolute Gasteiger partial charge is 0.186 e. The van der Waals surface area contributed by atoms with Crippen molar-refractivity contribution in [3.05, 3.63) is 60.7 Å². The Hall–Kier alpha value is -3.52. The van der Waals surface area contributed by atoms with Crippen molar-refractivity contribution >= 4 is 16.9 Å². The molecule has 29 heavy (non-hydrogen) atoms. The zero-order valence-corrected chi connectivity index (χ0v) is 15.7. The highest BCUT2D eigenvalue weighted by atomic mass is 19.1. The van der Waals surface area contributed by atoms with Crippen molar-refractivity contribution in [2.24, 2.45) is 0 Å². The molecule has 1 saturated heterocycles. The normalized spacial score (nSPS) is 13.1. The van der Waals surface area contributed by atoms with Crippen LogP contribution in [0.25, 0.3) is 22.3 Å². The fourth-order valence-corrected chi connectivity index (χ4v) is 3.07. The first-order valence-electron chi connectivity index (χ1n) is 9.40. The van der Waals surface area contributed by atoms with E-state index in [1.165, 1.54) is 38.3 Å². The molecule has 3 heterocycles. The number of H-pyrrole nitrogens is 1. The van der Waals surface area contributed by atoms with Gasteiger partial charge in [-0.15, -0.1) is 0 Å². The summed E-state index contributed by atoms with van der Waals surface area (Å²) < 4.78 is 19.9. The Balaban J connectivity index is 0.000000359. The topological polar surface area (TPSA) is 102 Å². The molecule has 2 aromatic heterocycles. The molecule has 4 N–H and O–H groups in total. The first kappa shape index (κ1) is 18.8. The molecule has 0 radical (unpaired) electrons. The number of aromatic nitrogens is 4. The van der Waals surface area contributed by atoms with E-state index in [1.807, 2.05) is 18.2 Å². The monoisotopic (exact) mass is 392 g/mol. The number of rotatable bonds is 3. The molecule has 148 valence electrons. The first-order valence-corrected chi connectivity index (χ1v) is 9.40. The highest BCUT2D eigenvalue weighted by Gasteiger charge is 2.14. The largest absolute Gasteiger partial charge is 0.454 e. The van der Waals surface area contributed by atoms with Crippen LogP contribution < -0.4 is 15.8 Å². The van der Waals surface area contributed by atoms with E-state index >= 15 is 0 Å². The number of para-hydroxylation sites is 1. The third kappa shape index (κ3) is 4.33. The Kier molecular flexibility index (Phi) is 5.62. The minimum Gasteiger partial charge on any atom is -0.454 e. The van der Waals surface area contributed by atoms with Gasteiger partial charge in [-0.1, -0.05) is 18.2 Å². The maximum absolute atomic E-state index is 14.4. The Morgan fingerprint density at radius 1 is 1.00 bits per heavy atom. The second-order valence-electron chi connectivity index (χ2n) is 6.57. The number of ether oxygens (including phenoxy) is 1. The molecule has 2 aromatic carbocycles. The number of nitrogens with two attached hydrogens (primary N) is 1. The van der Waals surface area contributed by atoms with Crippen molar-refractivity contribution in [1.82, 2.24) is 25.5 Å². The van der Waals surface area contributed by atoms with E-state index in [0.717, 1.165) is 0 Å². The highest BCUT2D eigenvalue weighted by Crippen LogP contribution is 2.32. The number of benzene rings is 2. The lowest BCUT2D eigenvalue weighted by Crippen LogP contribution is -2.03. The third-order valence-corrected chi connectivity index (χ3v) is 4.53. The summed E-state index contributed by atoms with van der Waals surface area (Å²) in [5, 5.41) is 10.7. The number of hydrogen-bond acceptors (Lipinski definition) is 6. The molecule has 5 rings (SSSR count). The summed E-state index contributed by atoms with van der Waals surface area (Å²) in [4.78, 5) is 7.98. The Labute approximate surface area is 167 Å². The molecule has 1 aliphatic rings. The zero-order chi connectivity index (χ0) is 20.1. The minimum absolute atomic E-state index is 0.137. The molecule has 1 fully saturated rings. The summed E-state index contributed by atoms with van der Waals surface area (Å²) in [6.07, 6.45) is 4.11. The lowest BCUT2D eigenvalue weighted by Gasteiger charge is -2.08. The first-order chi connectivity index (χ1) is 14.2. The van der Waals surface area contributed by atoms with Crippen LogP contribution >= 0.6 is 0 Å². The Bertz CT molecular complexity index is 1090. The molecule has 8 heteroatoms. The van der Waals surface area contributed by atoms with Crippen molar-refractivity contribution in [1.29, 1.82) is 0 Å².